The Labute approximate surface area is 173 Å². The van der Waals surface area contributed by atoms with Gasteiger partial charge in [0.25, 0.3) is 11.8 Å². The minimum atomic E-state index is -0.860. The summed E-state index contributed by atoms with van der Waals surface area (Å²) in [5.41, 5.74) is 7.90. The summed E-state index contributed by atoms with van der Waals surface area (Å²) >= 11 is 1.36. The van der Waals surface area contributed by atoms with Gasteiger partial charge in [-0.2, -0.15) is 0 Å². The topological polar surface area (TPSA) is 108 Å². The molecule has 3 rings (SSSR count). The summed E-state index contributed by atoms with van der Waals surface area (Å²) in [7, 11) is 0. The van der Waals surface area contributed by atoms with E-state index in [-0.39, 0.29) is 0 Å². The van der Waals surface area contributed by atoms with E-state index in [2.05, 4.69) is 5.32 Å². The van der Waals surface area contributed by atoms with E-state index in [0.29, 0.717) is 16.3 Å². The van der Waals surface area contributed by atoms with Crippen LogP contribution in [0.4, 0.5) is 5.00 Å². The van der Waals surface area contributed by atoms with Crippen LogP contribution < -0.4 is 15.8 Å². The van der Waals surface area contributed by atoms with Crippen LogP contribution in [0.3, 0.4) is 0 Å². The monoisotopic (exact) mass is 416 g/mol. The van der Waals surface area contributed by atoms with E-state index in [9.17, 15) is 14.4 Å². The van der Waals surface area contributed by atoms with Crippen molar-refractivity contribution in [1.82, 2.24) is 0 Å². The van der Waals surface area contributed by atoms with Crippen LogP contribution in [-0.4, -0.2) is 30.5 Å². The number of benzene rings is 1. The third kappa shape index (κ3) is 5.14. The lowest BCUT2D eigenvalue weighted by Crippen LogP contribution is -2.30. The van der Waals surface area contributed by atoms with Crippen molar-refractivity contribution >= 4 is 34.1 Å². The van der Waals surface area contributed by atoms with Crippen LogP contribution in [-0.2, 0) is 27.2 Å². The number of fused-ring (bicyclic) bond motifs is 1. The molecule has 2 aromatic rings. The molecule has 1 heterocycles. The molecule has 0 spiro atoms. The highest BCUT2D eigenvalue weighted by atomic mass is 32.1. The Balaban J connectivity index is 1.56. The molecule has 0 radical (unpaired) electrons. The number of nitrogens with one attached hydrogen (secondary N) is 1. The molecule has 154 valence electrons. The van der Waals surface area contributed by atoms with Crippen molar-refractivity contribution in [3.8, 4) is 5.75 Å². The highest BCUT2D eigenvalue weighted by Gasteiger charge is 2.25. The number of carbonyl (C=O) groups is 3. The third-order valence-corrected chi connectivity index (χ3v) is 5.89. The van der Waals surface area contributed by atoms with Gasteiger partial charge in [0.15, 0.2) is 12.7 Å². The van der Waals surface area contributed by atoms with Crippen LogP contribution in [0.1, 0.15) is 46.1 Å². The summed E-state index contributed by atoms with van der Waals surface area (Å²) < 4.78 is 10.6. The molecule has 1 aliphatic rings. The Morgan fingerprint density at radius 2 is 1.86 bits per heavy atom. The van der Waals surface area contributed by atoms with E-state index < -0.39 is 30.5 Å². The van der Waals surface area contributed by atoms with Gasteiger partial charge in [0.1, 0.15) is 10.8 Å². The van der Waals surface area contributed by atoms with Gasteiger partial charge in [-0.3, -0.25) is 9.59 Å². The number of hydrogen-bond acceptors (Lipinski definition) is 6. The summed E-state index contributed by atoms with van der Waals surface area (Å²) in [6, 6.07) is 7.26. The zero-order valence-corrected chi connectivity index (χ0v) is 17.3. The van der Waals surface area contributed by atoms with Gasteiger partial charge in [-0.15, -0.1) is 11.3 Å². The SMILES string of the molecule is Cc1ccc(OC(C)C(=O)OCC(=O)Nc2sc3c(c2C(N)=O)CCCC3)cc1. The molecule has 0 saturated heterocycles. The fourth-order valence-corrected chi connectivity index (χ4v) is 4.51. The molecule has 0 saturated carbocycles. The molecule has 1 aromatic heterocycles. The minimum Gasteiger partial charge on any atom is -0.479 e. The molecule has 3 N–H and O–H groups in total. The first-order valence-electron chi connectivity index (χ1n) is 9.49. The number of primary amides is 1. The molecule has 1 aromatic carbocycles. The predicted molar refractivity (Wildman–Crippen MR) is 110 cm³/mol. The molecular weight excluding hydrogens is 392 g/mol. The molecule has 7 nitrogen and oxygen atoms in total. The molecule has 2 amide bonds. The number of ether oxygens (including phenoxy) is 2. The number of anilines is 1. The van der Waals surface area contributed by atoms with Crippen LogP contribution in [0.5, 0.6) is 5.75 Å². The average molecular weight is 416 g/mol. The van der Waals surface area contributed by atoms with Crippen molar-refractivity contribution in [2.24, 2.45) is 5.73 Å². The van der Waals surface area contributed by atoms with Crippen LogP contribution in [0.15, 0.2) is 24.3 Å². The van der Waals surface area contributed by atoms with E-state index in [1.807, 2.05) is 19.1 Å². The van der Waals surface area contributed by atoms with Crippen LogP contribution >= 0.6 is 11.3 Å². The van der Waals surface area contributed by atoms with Crippen molar-refractivity contribution in [3.05, 3.63) is 45.8 Å². The summed E-state index contributed by atoms with van der Waals surface area (Å²) in [6.45, 7) is 3.04. The third-order valence-electron chi connectivity index (χ3n) is 4.68. The number of carbonyl (C=O) groups excluding carboxylic acids is 3. The van der Waals surface area contributed by atoms with E-state index in [1.54, 1.807) is 19.1 Å². The van der Waals surface area contributed by atoms with Crippen molar-refractivity contribution in [3.63, 3.8) is 0 Å². The quantitative estimate of drug-likeness (QED) is 0.675. The molecule has 1 atom stereocenters. The standard InChI is InChI=1S/C21H24N2O5S/c1-12-7-9-14(10-8-12)28-13(2)21(26)27-11-17(24)23-20-18(19(22)25)15-5-3-4-6-16(15)29-20/h7-10,13H,3-6,11H2,1-2H3,(H2,22,25)(H,23,24). The van der Waals surface area contributed by atoms with Crippen LogP contribution in [0.2, 0.25) is 0 Å². The van der Waals surface area contributed by atoms with Gasteiger partial charge in [0.2, 0.25) is 0 Å². The van der Waals surface area contributed by atoms with Gasteiger partial charge >= 0.3 is 5.97 Å². The maximum Gasteiger partial charge on any atom is 0.347 e. The highest BCUT2D eigenvalue weighted by Crippen LogP contribution is 2.37. The fraction of sp³-hybridized carbons (Fsp3) is 0.381. The zero-order valence-electron chi connectivity index (χ0n) is 16.4. The second-order valence-electron chi connectivity index (χ2n) is 7.01. The Bertz CT molecular complexity index is 920. The summed E-state index contributed by atoms with van der Waals surface area (Å²) in [4.78, 5) is 37.3. The molecule has 8 heteroatoms. The Hall–Kier alpha value is -2.87. The number of thiophene rings is 1. The number of rotatable bonds is 7. The Kier molecular flexibility index (Phi) is 6.53. The van der Waals surface area contributed by atoms with Gasteiger partial charge < -0.3 is 20.5 Å². The lowest BCUT2D eigenvalue weighted by molar-refractivity contribution is -0.153. The van der Waals surface area contributed by atoms with Gasteiger partial charge in [0.05, 0.1) is 5.56 Å². The van der Waals surface area contributed by atoms with Crippen LogP contribution in [0, 0.1) is 6.92 Å². The lowest BCUT2D eigenvalue weighted by atomic mass is 9.95. The Morgan fingerprint density at radius 3 is 2.55 bits per heavy atom. The first kappa shape index (κ1) is 20.9. The number of hydrogen-bond donors (Lipinski definition) is 2. The predicted octanol–water partition coefficient (Wildman–Crippen LogP) is 2.98. The molecule has 0 fully saturated rings. The summed E-state index contributed by atoms with van der Waals surface area (Å²) in [5, 5.41) is 3.09. The fourth-order valence-electron chi connectivity index (χ4n) is 3.20. The van der Waals surface area contributed by atoms with E-state index >= 15 is 0 Å². The maximum absolute atomic E-state index is 12.2. The zero-order chi connectivity index (χ0) is 21.0. The summed E-state index contributed by atoms with van der Waals surface area (Å²) in [6.07, 6.45) is 2.84. The molecule has 0 aliphatic heterocycles. The van der Waals surface area contributed by atoms with E-state index in [1.165, 1.54) is 11.3 Å². The molecule has 0 bridgehead atoms. The van der Waals surface area contributed by atoms with Crippen molar-refractivity contribution in [2.45, 2.75) is 45.6 Å². The number of amides is 2. The molecule has 29 heavy (non-hydrogen) atoms. The van der Waals surface area contributed by atoms with Gasteiger partial charge in [-0.25, -0.2) is 4.79 Å². The maximum atomic E-state index is 12.2. The van der Waals surface area contributed by atoms with Crippen LogP contribution in [0.25, 0.3) is 0 Å². The van der Waals surface area contributed by atoms with Crippen molar-refractivity contribution < 1.29 is 23.9 Å². The van der Waals surface area contributed by atoms with E-state index in [0.717, 1.165) is 41.7 Å². The largest absolute Gasteiger partial charge is 0.479 e. The second-order valence-corrected chi connectivity index (χ2v) is 8.11. The number of esters is 1. The smallest absolute Gasteiger partial charge is 0.347 e. The Morgan fingerprint density at radius 1 is 1.17 bits per heavy atom. The van der Waals surface area contributed by atoms with Crippen molar-refractivity contribution in [1.29, 1.82) is 0 Å². The summed E-state index contributed by atoms with van der Waals surface area (Å²) in [5.74, 6) is -1.19. The molecule has 1 unspecified atom stereocenters. The number of aryl methyl sites for hydroxylation is 2. The van der Waals surface area contributed by atoms with Crippen molar-refractivity contribution in [2.75, 3.05) is 11.9 Å². The van der Waals surface area contributed by atoms with Gasteiger partial charge in [0, 0.05) is 4.88 Å². The van der Waals surface area contributed by atoms with Gasteiger partial charge in [-0.1, -0.05) is 17.7 Å². The molecular formula is C21H24N2O5S. The molecule has 1 aliphatic carbocycles. The second kappa shape index (κ2) is 9.09. The minimum absolute atomic E-state index is 0.375. The lowest BCUT2D eigenvalue weighted by Gasteiger charge is -2.14. The highest BCUT2D eigenvalue weighted by molar-refractivity contribution is 7.17. The normalized spacial score (nSPS) is 13.9. The van der Waals surface area contributed by atoms with Gasteiger partial charge in [-0.05, 0) is 57.2 Å². The van der Waals surface area contributed by atoms with E-state index in [4.69, 9.17) is 15.2 Å². The first-order chi connectivity index (χ1) is 13.8. The number of nitrogens with two attached hydrogens (primary N) is 1. The average Bonchev–Trinajstić information content (AvgIpc) is 3.05. The first-order valence-corrected chi connectivity index (χ1v) is 10.3.